The molecule has 150 valence electrons. The molecule has 4 rings (SSSR count). The van der Waals surface area contributed by atoms with E-state index in [4.69, 9.17) is 4.74 Å². The second-order valence-electron chi connectivity index (χ2n) is 6.77. The summed E-state index contributed by atoms with van der Waals surface area (Å²) in [5.41, 5.74) is 2.10. The number of carbonyl (C=O) groups is 1. The molecule has 1 aromatic carbocycles. The van der Waals surface area contributed by atoms with Crippen molar-refractivity contribution in [2.45, 2.75) is 45.0 Å². The van der Waals surface area contributed by atoms with Gasteiger partial charge in [-0.15, -0.1) is 21.5 Å². The van der Waals surface area contributed by atoms with Crippen molar-refractivity contribution in [1.82, 2.24) is 15.2 Å². The Kier molecular flexibility index (Phi) is 5.82. The first kappa shape index (κ1) is 19.8. The number of anilines is 1. The van der Waals surface area contributed by atoms with Crippen molar-refractivity contribution in [1.29, 1.82) is 0 Å². The van der Waals surface area contributed by atoms with E-state index in [9.17, 15) is 4.79 Å². The van der Waals surface area contributed by atoms with Crippen molar-refractivity contribution < 1.29 is 9.53 Å². The number of nitrogens with zero attached hydrogens (tertiary/aromatic N) is 4. The van der Waals surface area contributed by atoms with Crippen LogP contribution in [0.1, 0.15) is 42.7 Å². The Morgan fingerprint density at radius 3 is 2.79 bits per heavy atom. The molecule has 0 aliphatic carbocycles. The highest BCUT2D eigenvalue weighted by atomic mass is 32.2. The minimum absolute atomic E-state index is 0.105. The van der Waals surface area contributed by atoms with Crippen molar-refractivity contribution in [2.75, 3.05) is 10.7 Å². The van der Waals surface area contributed by atoms with E-state index in [0.29, 0.717) is 16.7 Å². The van der Waals surface area contributed by atoms with Gasteiger partial charge in [-0.1, -0.05) is 43.3 Å². The number of aryl methyl sites for hydroxylation is 1. The molecule has 1 aliphatic heterocycles. The minimum atomic E-state index is -0.598. The van der Waals surface area contributed by atoms with Crippen molar-refractivity contribution in [3.63, 3.8) is 0 Å². The van der Waals surface area contributed by atoms with Gasteiger partial charge in [0.05, 0.1) is 10.6 Å². The zero-order valence-corrected chi connectivity index (χ0v) is 18.2. The summed E-state index contributed by atoms with van der Waals surface area (Å²) in [5.74, 6) is 1.23. The number of ether oxygens (including phenoxy) is 1. The van der Waals surface area contributed by atoms with Crippen LogP contribution in [0.3, 0.4) is 0 Å². The van der Waals surface area contributed by atoms with Gasteiger partial charge in [-0.2, -0.15) is 4.98 Å². The van der Waals surface area contributed by atoms with Crippen LogP contribution in [0.4, 0.5) is 5.69 Å². The number of aromatic nitrogens is 3. The standard InChI is InChI=1S/C21H22N4O2S2/c1-4-5-12-28-21-22-19-18(23-24-21)15-8-6-7-9-16(15)25(14(3)26)20(27-19)17-11-10-13(2)29-17/h6-11,20H,4-5,12H2,1-3H3/t20-/m1/s1. The molecular weight excluding hydrogens is 404 g/mol. The summed E-state index contributed by atoms with van der Waals surface area (Å²) in [6, 6.07) is 11.7. The number of thioether (sulfide) groups is 1. The summed E-state index contributed by atoms with van der Waals surface area (Å²) in [5, 5.41) is 9.32. The predicted molar refractivity (Wildman–Crippen MR) is 116 cm³/mol. The fourth-order valence-corrected chi connectivity index (χ4v) is 4.95. The Balaban J connectivity index is 1.84. The van der Waals surface area contributed by atoms with Crippen molar-refractivity contribution in [2.24, 2.45) is 0 Å². The van der Waals surface area contributed by atoms with E-state index in [2.05, 4.69) is 22.1 Å². The fraction of sp³-hybridized carbons (Fsp3) is 0.333. The molecule has 0 bridgehead atoms. The van der Waals surface area contributed by atoms with Crippen LogP contribution in [0.25, 0.3) is 11.3 Å². The number of fused-ring (bicyclic) bond motifs is 3. The smallest absolute Gasteiger partial charge is 0.247 e. The highest BCUT2D eigenvalue weighted by Crippen LogP contribution is 2.44. The zero-order chi connectivity index (χ0) is 20.4. The van der Waals surface area contributed by atoms with Crippen molar-refractivity contribution in [3.8, 4) is 17.1 Å². The third-order valence-electron chi connectivity index (χ3n) is 4.58. The largest absolute Gasteiger partial charge is 0.446 e. The second kappa shape index (κ2) is 8.51. The molecule has 2 aromatic heterocycles. The quantitative estimate of drug-likeness (QED) is 0.410. The summed E-state index contributed by atoms with van der Waals surface area (Å²) >= 11 is 3.18. The van der Waals surface area contributed by atoms with Gasteiger partial charge in [0.15, 0.2) is 5.69 Å². The molecule has 3 heterocycles. The first-order valence-corrected chi connectivity index (χ1v) is 11.4. The van der Waals surface area contributed by atoms with Gasteiger partial charge in [0.2, 0.25) is 23.2 Å². The maximum Gasteiger partial charge on any atom is 0.247 e. The third kappa shape index (κ3) is 4.00. The van der Waals surface area contributed by atoms with Crippen LogP contribution in [-0.2, 0) is 4.79 Å². The Morgan fingerprint density at radius 1 is 1.24 bits per heavy atom. The molecule has 1 atom stereocenters. The summed E-state index contributed by atoms with van der Waals surface area (Å²) in [7, 11) is 0. The molecule has 0 fully saturated rings. The SMILES string of the molecule is CCCCSc1nnc2c(n1)O[C@H](c1ccc(C)s1)N(C(C)=O)c1ccccc1-2. The fourth-order valence-electron chi connectivity index (χ4n) is 3.19. The van der Waals surface area contributed by atoms with E-state index in [1.807, 2.05) is 43.3 Å². The maximum absolute atomic E-state index is 12.7. The Labute approximate surface area is 178 Å². The van der Waals surface area contributed by atoms with Gasteiger partial charge in [-0.3, -0.25) is 9.69 Å². The number of para-hydroxylation sites is 1. The number of thiophene rings is 1. The molecule has 0 N–H and O–H groups in total. The molecule has 1 aliphatic rings. The van der Waals surface area contributed by atoms with E-state index in [-0.39, 0.29) is 5.91 Å². The van der Waals surface area contributed by atoms with E-state index >= 15 is 0 Å². The monoisotopic (exact) mass is 426 g/mol. The number of rotatable bonds is 5. The van der Waals surface area contributed by atoms with Crippen LogP contribution in [0.2, 0.25) is 0 Å². The number of unbranched alkanes of at least 4 members (excludes halogenated alkanes) is 1. The molecule has 0 saturated heterocycles. The predicted octanol–water partition coefficient (Wildman–Crippen LogP) is 5.24. The van der Waals surface area contributed by atoms with Crippen LogP contribution < -0.4 is 9.64 Å². The molecular formula is C21H22N4O2S2. The lowest BCUT2D eigenvalue weighted by Crippen LogP contribution is -2.35. The first-order valence-electron chi connectivity index (χ1n) is 9.58. The van der Waals surface area contributed by atoms with E-state index < -0.39 is 6.23 Å². The topological polar surface area (TPSA) is 68.2 Å². The van der Waals surface area contributed by atoms with Crippen LogP contribution in [0, 0.1) is 6.92 Å². The number of amides is 1. The van der Waals surface area contributed by atoms with Crippen molar-refractivity contribution >= 4 is 34.7 Å². The normalized spacial score (nSPS) is 15.3. The number of hydrogen-bond donors (Lipinski definition) is 0. The lowest BCUT2D eigenvalue weighted by Gasteiger charge is -2.28. The minimum Gasteiger partial charge on any atom is -0.446 e. The maximum atomic E-state index is 12.7. The van der Waals surface area contributed by atoms with Gasteiger partial charge in [0.25, 0.3) is 0 Å². The Morgan fingerprint density at radius 2 is 2.07 bits per heavy atom. The second-order valence-corrected chi connectivity index (χ2v) is 9.16. The van der Waals surface area contributed by atoms with E-state index in [1.165, 1.54) is 0 Å². The van der Waals surface area contributed by atoms with Crippen molar-refractivity contribution in [3.05, 3.63) is 46.2 Å². The van der Waals surface area contributed by atoms with Gasteiger partial charge in [-0.05, 0) is 31.5 Å². The molecule has 8 heteroatoms. The summed E-state index contributed by atoms with van der Waals surface area (Å²) in [6.07, 6.45) is 1.60. The first-order chi connectivity index (χ1) is 14.1. The Hall–Kier alpha value is -2.45. The average molecular weight is 427 g/mol. The van der Waals surface area contributed by atoms with Gasteiger partial charge < -0.3 is 4.74 Å². The molecule has 1 amide bonds. The van der Waals surface area contributed by atoms with Gasteiger partial charge in [0, 0.05) is 23.1 Å². The lowest BCUT2D eigenvalue weighted by atomic mass is 10.1. The highest BCUT2D eigenvalue weighted by molar-refractivity contribution is 7.99. The third-order valence-corrected chi connectivity index (χ3v) is 6.54. The van der Waals surface area contributed by atoms with E-state index in [1.54, 1.807) is 34.9 Å². The summed E-state index contributed by atoms with van der Waals surface area (Å²) in [6.45, 7) is 5.74. The molecule has 0 spiro atoms. The summed E-state index contributed by atoms with van der Waals surface area (Å²) < 4.78 is 6.35. The molecule has 0 unspecified atom stereocenters. The highest BCUT2D eigenvalue weighted by Gasteiger charge is 2.35. The van der Waals surface area contributed by atoms with Crippen LogP contribution in [0.5, 0.6) is 5.88 Å². The number of hydrogen-bond acceptors (Lipinski definition) is 7. The zero-order valence-electron chi connectivity index (χ0n) is 16.6. The van der Waals surface area contributed by atoms with Crippen LogP contribution >= 0.6 is 23.1 Å². The molecule has 0 saturated carbocycles. The number of carbonyl (C=O) groups excluding carboxylic acids is 1. The van der Waals surface area contributed by atoms with Gasteiger partial charge >= 0.3 is 0 Å². The summed E-state index contributed by atoms with van der Waals surface area (Å²) in [4.78, 5) is 21.1. The molecule has 0 radical (unpaired) electrons. The Bertz CT molecular complexity index is 1040. The van der Waals surface area contributed by atoms with E-state index in [0.717, 1.165) is 39.6 Å². The molecule has 6 nitrogen and oxygen atoms in total. The molecule has 3 aromatic rings. The number of benzene rings is 1. The van der Waals surface area contributed by atoms with Crippen LogP contribution in [-0.4, -0.2) is 26.8 Å². The lowest BCUT2D eigenvalue weighted by molar-refractivity contribution is -0.118. The van der Waals surface area contributed by atoms with Gasteiger partial charge in [-0.25, -0.2) is 0 Å². The molecule has 29 heavy (non-hydrogen) atoms. The average Bonchev–Trinajstić information content (AvgIpc) is 3.08. The van der Waals surface area contributed by atoms with Crippen LogP contribution in [0.15, 0.2) is 41.6 Å². The van der Waals surface area contributed by atoms with Gasteiger partial charge in [0.1, 0.15) is 0 Å².